The summed E-state index contributed by atoms with van der Waals surface area (Å²) in [5, 5.41) is 8.85. The number of benzene rings is 1. The molecule has 1 fully saturated rings. The summed E-state index contributed by atoms with van der Waals surface area (Å²) in [7, 11) is 0. The second-order valence-electron chi connectivity index (χ2n) is 5.37. The molecule has 3 unspecified atom stereocenters. The minimum Gasteiger partial charge on any atom is -0.309 e. The molecule has 114 valence electrons. The van der Waals surface area contributed by atoms with Crippen molar-refractivity contribution < 1.29 is 0 Å². The molecule has 1 N–H and O–H groups in total. The fourth-order valence-electron chi connectivity index (χ4n) is 3.13. The van der Waals surface area contributed by atoms with Gasteiger partial charge in [-0.2, -0.15) is 23.5 Å². The van der Waals surface area contributed by atoms with Crippen LogP contribution in [0.4, 0.5) is 0 Å². The first-order valence-corrected chi connectivity index (χ1v) is 10.8. The van der Waals surface area contributed by atoms with Crippen molar-refractivity contribution in [2.45, 2.75) is 36.8 Å². The van der Waals surface area contributed by atoms with Crippen molar-refractivity contribution in [2.24, 2.45) is 0 Å². The maximum atomic E-state index is 3.79. The van der Waals surface area contributed by atoms with E-state index in [0.29, 0.717) is 11.3 Å². The first-order valence-electron chi connectivity index (χ1n) is 7.77. The monoisotopic (exact) mass is 337 g/mol. The highest BCUT2D eigenvalue weighted by Crippen LogP contribution is 2.42. The third-order valence-electron chi connectivity index (χ3n) is 4.09. The molecule has 1 aliphatic rings. The Morgan fingerprint density at radius 2 is 2.05 bits per heavy atom. The molecule has 1 nitrogen and oxygen atoms in total. The van der Waals surface area contributed by atoms with Gasteiger partial charge in [-0.3, -0.25) is 0 Å². The van der Waals surface area contributed by atoms with E-state index in [1.54, 1.807) is 0 Å². The van der Waals surface area contributed by atoms with Gasteiger partial charge in [0.2, 0.25) is 0 Å². The van der Waals surface area contributed by atoms with Crippen LogP contribution in [-0.2, 0) is 0 Å². The predicted molar refractivity (Wildman–Crippen MR) is 101 cm³/mol. The van der Waals surface area contributed by atoms with Crippen LogP contribution < -0.4 is 5.32 Å². The molecule has 3 rings (SSSR count). The Labute approximate surface area is 140 Å². The largest absolute Gasteiger partial charge is 0.309 e. The Bertz CT molecular complexity index is 580. The van der Waals surface area contributed by atoms with E-state index < -0.39 is 0 Å². The second-order valence-corrected chi connectivity index (χ2v) is 8.92. The molecule has 1 aromatic heterocycles. The number of nitrogens with one attached hydrogen (secondary N) is 1. The van der Waals surface area contributed by atoms with Gasteiger partial charge >= 0.3 is 0 Å². The van der Waals surface area contributed by atoms with Crippen LogP contribution in [-0.4, -0.2) is 28.6 Å². The van der Waals surface area contributed by atoms with E-state index in [2.05, 4.69) is 72.3 Å². The van der Waals surface area contributed by atoms with Gasteiger partial charge in [-0.25, -0.2) is 0 Å². The molecule has 1 aromatic carbocycles. The number of hydrogen-bond donors (Lipinski definition) is 1. The summed E-state index contributed by atoms with van der Waals surface area (Å²) >= 11 is 6.23. The van der Waals surface area contributed by atoms with E-state index in [1.807, 2.05) is 11.3 Å². The minimum absolute atomic E-state index is 0.472. The average Bonchev–Trinajstić information content (AvgIpc) is 3.01. The normalized spacial score (nSPS) is 24.3. The van der Waals surface area contributed by atoms with E-state index in [4.69, 9.17) is 0 Å². The third kappa shape index (κ3) is 3.29. The summed E-state index contributed by atoms with van der Waals surface area (Å²) in [6.45, 7) is 5.60. The SMILES string of the molecule is CCNC(c1cccc2ccsc12)C1SCCSC1CC. The number of hydrogen-bond acceptors (Lipinski definition) is 4. The van der Waals surface area contributed by atoms with Crippen LogP contribution in [0.1, 0.15) is 31.9 Å². The summed E-state index contributed by atoms with van der Waals surface area (Å²) in [6, 6.07) is 9.50. The molecule has 0 bridgehead atoms. The molecule has 4 heteroatoms. The second kappa shape index (κ2) is 7.40. The average molecular weight is 338 g/mol. The van der Waals surface area contributed by atoms with Crippen molar-refractivity contribution in [3.05, 3.63) is 35.2 Å². The Balaban J connectivity index is 1.98. The molecule has 21 heavy (non-hydrogen) atoms. The molecule has 0 radical (unpaired) electrons. The van der Waals surface area contributed by atoms with Crippen molar-refractivity contribution in [3.8, 4) is 0 Å². The van der Waals surface area contributed by atoms with Crippen molar-refractivity contribution >= 4 is 44.9 Å². The van der Waals surface area contributed by atoms with E-state index in [1.165, 1.54) is 33.6 Å². The van der Waals surface area contributed by atoms with Crippen molar-refractivity contribution in [1.82, 2.24) is 5.32 Å². The van der Waals surface area contributed by atoms with Crippen LogP contribution >= 0.6 is 34.9 Å². The van der Waals surface area contributed by atoms with Gasteiger partial charge in [0.15, 0.2) is 0 Å². The quantitative estimate of drug-likeness (QED) is 0.807. The van der Waals surface area contributed by atoms with E-state index in [9.17, 15) is 0 Å². The zero-order valence-electron chi connectivity index (χ0n) is 12.7. The minimum atomic E-state index is 0.472. The molecular formula is C17H23NS3. The van der Waals surface area contributed by atoms with Crippen LogP contribution in [0.5, 0.6) is 0 Å². The van der Waals surface area contributed by atoms with Gasteiger partial charge in [0.25, 0.3) is 0 Å². The van der Waals surface area contributed by atoms with Gasteiger partial charge < -0.3 is 5.32 Å². The number of thiophene rings is 1. The first kappa shape index (κ1) is 15.7. The van der Waals surface area contributed by atoms with Crippen LogP contribution in [0, 0.1) is 0 Å². The van der Waals surface area contributed by atoms with Crippen LogP contribution in [0.15, 0.2) is 29.6 Å². The lowest BCUT2D eigenvalue weighted by molar-refractivity contribution is 0.516. The fraction of sp³-hybridized carbons (Fsp3) is 0.529. The Morgan fingerprint density at radius 1 is 1.19 bits per heavy atom. The summed E-state index contributed by atoms with van der Waals surface area (Å²) < 4.78 is 1.47. The van der Waals surface area contributed by atoms with E-state index in [0.717, 1.165) is 11.8 Å². The number of fused-ring (bicyclic) bond motifs is 1. The first-order chi connectivity index (χ1) is 10.3. The third-order valence-corrected chi connectivity index (χ3v) is 8.42. The zero-order valence-corrected chi connectivity index (χ0v) is 15.1. The molecule has 0 aliphatic carbocycles. The zero-order chi connectivity index (χ0) is 14.7. The summed E-state index contributed by atoms with van der Waals surface area (Å²) in [4.78, 5) is 0. The molecule has 2 aromatic rings. The maximum absolute atomic E-state index is 3.79. The molecule has 2 heterocycles. The predicted octanol–water partition coefficient (Wildman–Crippen LogP) is 5.18. The smallest absolute Gasteiger partial charge is 0.0465 e. The van der Waals surface area contributed by atoms with E-state index >= 15 is 0 Å². The van der Waals surface area contributed by atoms with Crippen molar-refractivity contribution in [2.75, 3.05) is 18.1 Å². The standard InChI is InChI=1S/C17H23NS3/c1-3-14-17(21-11-10-19-14)15(18-4-2)13-7-5-6-12-8-9-20-16(12)13/h5-9,14-15,17-18H,3-4,10-11H2,1-2H3. The maximum Gasteiger partial charge on any atom is 0.0465 e. The molecule has 1 aliphatic heterocycles. The Kier molecular flexibility index (Phi) is 5.54. The van der Waals surface area contributed by atoms with Crippen LogP contribution in [0.3, 0.4) is 0 Å². The highest BCUT2D eigenvalue weighted by atomic mass is 32.2. The number of thioether (sulfide) groups is 2. The van der Waals surface area contributed by atoms with Crippen molar-refractivity contribution in [1.29, 1.82) is 0 Å². The van der Waals surface area contributed by atoms with Gasteiger partial charge in [0, 0.05) is 32.7 Å². The van der Waals surface area contributed by atoms with E-state index in [-0.39, 0.29) is 0 Å². The van der Waals surface area contributed by atoms with Gasteiger partial charge in [-0.05, 0) is 35.4 Å². The van der Waals surface area contributed by atoms with Crippen LogP contribution in [0.25, 0.3) is 10.1 Å². The van der Waals surface area contributed by atoms with Crippen LogP contribution in [0.2, 0.25) is 0 Å². The lowest BCUT2D eigenvalue weighted by atomic mass is 9.99. The Hall–Kier alpha value is -0.160. The van der Waals surface area contributed by atoms with Gasteiger partial charge in [0.05, 0.1) is 0 Å². The molecule has 0 saturated carbocycles. The molecular weight excluding hydrogens is 314 g/mol. The highest BCUT2D eigenvalue weighted by molar-refractivity contribution is 8.07. The Morgan fingerprint density at radius 3 is 2.86 bits per heavy atom. The molecule has 0 spiro atoms. The van der Waals surface area contributed by atoms with Gasteiger partial charge in [-0.15, -0.1) is 11.3 Å². The fourth-order valence-corrected chi connectivity index (χ4v) is 7.33. The van der Waals surface area contributed by atoms with Crippen molar-refractivity contribution in [3.63, 3.8) is 0 Å². The lowest BCUT2D eigenvalue weighted by Gasteiger charge is -2.36. The molecule has 3 atom stereocenters. The highest BCUT2D eigenvalue weighted by Gasteiger charge is 2.33. The van der Waals surface area contributed by atoms with Gasteiger partial charge in [-0.1, -0.05) is 32.0 Å². The topological polar surface area (TPSA) is 12.0 Å². The summed E-state index contributed by atoms with van der Waals surface area (Å²) in [5.41, 5.74) is 1.50. The lowest BCUT2D eigenvalue weighted by Crippen LogP contribution is -2.38. The summed E-state index contributed by atoms with van der Waals surface area (Å²) in [5.74, 6) is 2.59. The number of rotatable bonds is 5. The summed E-state index contributed by atoms with van der Waals surface area (Å²) in [6.07, 6.45) is 1.27. The van der Waals surface area contributed by atoms with Gasteiger partial charge in [0.1, 0.15) is 0 Å². The molecule has 0 amide bonds. The molecule has 1 saturated heterocycles.